The van der Waals surface area contributed by atoms with Crippen molar-refractivity contribution in [2.24, 2.45) is 5.92 Å². The molecule has 1 saturated carbocycles. The van der Waals surface area contributed by atoms with Crippen LogP contribution in [0.1, 0.15) is 21.8 Å². The van der Waals surface area contributed by atoms with Crippen molar-refractivity contribution in [1.29, 1.82) is 0 Å². The minimum Gasteiger partial charge on any atom is -0.326 e. The van der Waals surface area contributed by atoms with Gasteiger partial charge in [-0.05, 0) is 60.2 Å². The summed E-state index contributed by atoms with van der Waals surface area (Å²) in [5, 5.41) is 6.07. The van der Waals surface area contributed by atoms with Crippen LogP contribution in [0.15, 0.2) is 54.6 Å². The van der Waals surface area contributed by atoms with Crippen LogP contribution in [-0.4, -0.2) is 16.1 Å². The monoisotopic (exact) mass is 578 g/mol. The van der Waals surface area contributed by atoms with E-state index in [2.05, 4.69) is 10.6 Å². The van der Waals surface area contributed by atoms with Crippen molar-refractivity contribution in [1.82, 2.24) is 0 Å². The molecule has 0 radical (unpaired) electrons. The Labute approximate surface area is 224 Å². The minimum atomic E-state index is -1.38. The first-order valence-electron chi connectivity index (χ1n) is 9.68. The number of nitrogens with one attached hydrogen (secondary N) is 2. The largest absolute Gasteiger partial charge is 0.326 e. The van der Waals surface area contributed by atoms with Crippen LogP contribution in [-0.2, 0) is 4.79 Å². The van der Waals surface area contributed by atoms with Crippen LogP contribution < -0.4 is 10.6 Å². The number of alkyl halides is 2. The van der Waals surface area contributed by atoms with Crippen molar-refractivity contribution < 1.29 is 14.0 Å². The fourth-order valence-electron chi connectivity index (χ4n) is 3.60. The fourth-order valence-corrected chi connectivity index (χ4v) is 5.39. The maximum absolute atomic E-state index is 13.1. The second kappa shape index (κ2) is 9.73. The van der Waals surface area contributed by atoms with Gasteiger partial charge in [0.2, 0.25) is 5.91 Å². The van der Waals surface area contributed by atoms with Crippen molar-refractivity contribution in [2.45, 2.75) is 10.3 Å². The van der Waals surface area contributed by atoms with Gasteiger partial charge in [0.1, 0.15) is 10.2 Å². The highest BCUT2D eigenvalue weighted by Gasteiger charge is 2.67. The zero-order valence-electron chi connectivity index (χ0n) is 16.8. The Morgan fingerprint density at radius 3 is 2.06 bits per heavy atom. The Morgan fingerprint density at radius 1 is 0.824 bits per heavy atom. The molecule has 1 fully saturated rings. The van der Waals surface area contributed by atoms with E-state index >= 15 is 0 Å². The van der Waals surface area contributed by atoms with E-state index in [1.165, 1.54) is 36.4 Å². The molecule has 4 rings (SSSR count). The molecule has 0 spiro atoms. The van der Waals surface area contributed by atoms with Gasteiger partial charge in [-0.25, -0.2) is 4.39 Å². The third-order valence-electron chi connectivity index (χ3n) is 5.22. The average molecular weight is 581 g/mol. The lowest BCUT2D eigenvalue weighted by Gasteiger charge is -2.12. The number of carbonyl (C=O) groups is 2. The molecule has 0 bridgehead atoms. The zero-order chi connectivity index (χ0) is 24.8. The summed E-state index contributed by atoms with van der Waals surface area (Å²) in [6, 6.07) is 12.8. The van der Waals surface area contributed by atoms with Crippen molar-refractivity contribution >= 4 is 92.8 Å². The number of amides is 2. The molecule has 2 N–H and O–H groups in total. The van der Waals surface area contributed by atoms with Gasteiger partial charge in [-0.1, -0.05) is 46.4 Å². The predicted octanol–water partition coefficient (Wildman–Crippen LogP) is 8.22. The number of rotatable bonds is 5. The summed E-state index contributed by atoms with van der Waals surface area (Å²) >= 11 is 37.3. The molecule has 34 heavy (non-hydrogen) atoms. The molecule has 3 aromatic carbocycles. The van der Waals surface area contributed by atoms with Gasteiger partial charge in [0.15, 0.2) is 0 Å². The van der Waals surface area contributed by atoms with Crippen molar-refractivity contribution in [2.75, 3.05) is 10.6 Å². The lowest BCUT2D eigenvalue weighted by atomic mass is 10.1. The fraction of sp³-hybridized carbons (Fsp3) is 0.130. The first kappa shape index (κ1) is 25.4. The van der Waals surface area contributed by atoms with E-state index in [9.17, 15) is 14.0 Å². The molecule has 0 saturated heterocycles. The SMILES string of the molecule is O=C(Nc1ccc(F)cc1)c1cc(NC(=O)C2C(c3cc(Cl)cc(Cl)c3)C2(Cl)Cl)cc(Cl)c1Cl. The number of hydrogen-bond acceptors (Lipinski definition) is 2. The summed E-state index contributed by atoms with van der Waals surface area (Å²) in [6.07, 6.45) is 0. The van der Waals surface area contributed by atoms with E-state index in [0.29, 0.717) is 21.3 Å². The van der Waals surface area contributed by atoms with Gasteiger partial charge in [-0.2, -0.15) is 0 Å². The highest BCUT2D eigenvalue weighted by Crippen LogP contribution is 2.65. The highest BCUT2D eigenvalue weighted by molar-refractivity contribution is 6.53. The van der Waals surface area contributed by atoms with Crippen LogP contribution in [0.2, 0.25) is 20.1 Å². The third kappa shape index (κ3) is 5.25. The lowest BCUT2D eigenvalue weighted by molar-refractivity contribution is -0.117. The summed E-state index contributed by atoms with van der Waals surface area (Å²) < 4.78 is 11.7. The number of anilines is 2. The third-order valence-corrected chi connectivity index (χ3v) is 7.40. The topological polar surface area (TPSA) is 58.2 Å². The second-order valence-electron chi connectivity index (χ2n) is 7.60. The molecule has 3 aromatic rings. The van der Waals surface area contributed by atoms with Gasteiger partial charge < -0.3 is 10.6 Å². The normalized spacial score (nSPS) is 18.3. The molecule has 0 heterocycles. The molecule has 11 heteroatoms. The van der Waals surface area contributed by atoms with E-state index in [1.807, 2.05) is 0 Å². The first-order chi connectivity index (χ1) is 16.0. The summed E-state index contributed by atoms with van der Waals surface area (Å²) in [5.74, 6) is -2.89. The Bertz CT molecular complexity index is 1280. The summed E-state index contributed by atoms with van der Waals surface area (Å²) in [7, 11) is 0. The Hall–Kier alpha value is -1.73. The molecule has 2 unspecified atom stereocenters. The Balaban J connectivity index is 1.54. The molecular formula is C23H13Cl6FN2O2. The van der Waals surface area contributed by atoms with Crippen LogP contribution in [0.25, 0.3) is 0 Å². The van der Waals surface area contributed by atoms with Gasteiger partial charge in [0, 0.05) is 27.3 Å². The smallest absolute Gasteiger partial charge is 0.257 e. The summed E-state index contributed by atoms with van der Waals surface area (Å²) in [6.45, 7) is 0. The van der Waals surface area contributed by atoms with Crippen LogP contribution in [0.4, 0.5) is 15.8 Å². The van der Waals surface area contributed by atoms with Crippen molar-refractivity contribution in [3.8, 4) is 0 Å². The second-order valence-corrected chi connectivity index (χ2v) is 10.7. The minimum absolute atomic E-state index is 0.00534. The van der Waals surface area contributed by atoms with Crippen LogP contribution in [0, 0.1) is 11.7 Å². The molecule has 176 valence electrons. The Kier molecular flexibility index (Phi) is 7.26. The van der Waals surface area contributed by atoms with Crippen LogP contribution in [0.5, 0.6) is 0 Å². The molecule has 0 aromatic heterocycles. The van der Waals surface area contributed by atoms with Gasteiger partial charge in [0.25, 0.3) is 5.91 Å². The van der Waals surface area contributed by atoms with Crippen molar-refractivity contribution in [3.63, 3.8) is 0 Å². The van der Waals surface area contributed by atoms with E-state index in [4.69, 9.17) is 69.6 Å². The van der Waals surface area contributed by atoms with Gasteiger partial charge in [-0.15, -0.1) is 23.2 Å². The number of halogens is 7. The Morgan fingerprint density at radius 2 is 1.44 bits per heavy atom. The molecule has 1 aliphatic carbocycles. The zero-order valence-corrected chi connectivity index (χ0v) is 21.3. The maximum atomic E-state index is 13.1. The average Bonchev–Trinajstić information content (AvgIpc) is 3.33. The molecular weight excluding hydrogens is 568 g/mol. The molecule has 0 aliphatic heterocycles. The van der Waals surface area contributed by atoms with E-state index in [0.717, 1.165) is 0 Å². The van der Waals surface area contributed by atoms with Crippen LogP contribution >= 0.6 is 69.6 Å². The molecule has 4 nitrogen and oxygen atoms in total. The molecule has 1 aliphatic rings. The van der Waals surface area contributed by atoms with Gasteiger partial charge in [0.05, 0.1) is 21.5 Å². The quantitative estimate of drug-likeness (QED) is 0.299. The van der Waals surface area contributed by atoms with E-state index in [-0.39, 0.29) is 21.3 Å². The maximum Gasteiger partial charge on any atom is 0.257 e. The van der Waals surface area contributed by atoms with E-state index in [1.54, 1.807) is 18.2 Å². The number of hydrogen-bond donors (Lipinski definition) is 2. The first-order valence-corrected chi connectivity index (χ1v) is 11.9. The number of carbonyl (C=O) groups excluding carboxylic acids is 2. The van der Waals surface area contributed by atoms with Crippen LogP contribution in [0.3, 0.4) is 0 Å². The summed E-state index contributed by atoms with van der Waals surface area (Å²) in [5.41, 5.74) is 1.19. The highest BCUT2D eigenvalue weighted by atomic mass is 35.5. The number of benzene rings is 3. The van der Waals surface area contributed by atoms with E-state index < -0.39 is 33.8 Å². The molecule has 2 atom stereocenters. The standard InChI is InChI=1S/C23H13Cl6FN2O2/c24-11-5-10(6-12(25)7-11)18-19(23(18,28)29)22(34)32-15-8-16(20(27)17(26)9-15)21(33)31-14-3-1-13(30)2-4-14/h1-9,18-19H,(H,31,33)(H,32,34). The van der Waals surface area contributed by atoms with Gasteiger partial charge in [-0.3, -0.25) is 9.59 Å². The van der Waals surface area contributed by atoms with Gasteiger partial charge >= 0.3 is 0 Å². The summed E-state index contributed by atoms with van der Waals surface area (Å²) in [4.78, 5) is 25.7. The van der Waals surface area contributed by atoms with Crippen molar-refractivity contribution in [3.05, 3.63) is 91.6 Å². The lowest BCUT2D eigenvalue weighted by Crippen LogP contribution is -2.18. The molecule has 2 amide bonds. The predicted molar refractivity (Wildman–Crippen MR) is 137 cm³/mol.